The highest BCUT2D eigenvalue weighted by Gasteiger charge is 2.19. The van der Waals surface area contributed by atoms with Crippen molar-refractivity contribution in [3.8, 4) is 0 Å². The largest absolute Gasteiger partial charge is 0.469 e. The van der Waals surface area contributed by atoms with Crippen LogP contribution in [0.5, 0.6) is 0 Å². The van der Waals surface area contributed by atoms with E-state index < -0.39 is 0 Å². The Hall–Kier alpha value is -1.92. The monoisotopic (exact) mass is 297 g/mol. The number of carbonyl (C=O) groups is 2. The molecule has 7 heteroatoms. The van der Waals surface area contributed by atoms with Crippen LogP contribution in [0.3, 0.4) is 0 Å². The normalized spacial score (nSPS) is 12.0. The molecule has 1 heterocycles. The zero-order valence-corrected chi connectivity index (χ0v) is 13.1. The van der Waals surface area contributed by atoms with E-state index >= 15 is 0 Å². The molecule has 0 spiro atoms. The molecule has 0 fully saturated rings. The average Bonchev–Trinajstić information content (AvgIpc) is 2.91. The highest BCUT2D eigenvalue weighted by Crippen LogP contribution is 2.06. The summed E-state index contributed by atoms with van der Waals surface area (Å²) in [6.45, 7) is 4.10. The maximum absolute atomic E-state index is 12.0. The lowest BCUT2D eigenvalue weighted by molar-refractivity contribution is -0.146. The molecular formula is C14H23N3O4. The van der Waals surface area contributed by atoms with Gasteiger partial charge in [-0.05, 0) is 6.42 Å². The summed E-state index contributed by atoms with van der Waals surface area (Å²) >= 11 is 0. The van der Waals surface area contributed by atoms with Gasteiger partial charge in [0.25, 0.3) is 0 Å². The van der Waals surface area contributed by atoms with Gasteiger partial charge in [0.2, 0.25) is 11.8 Å². The predicted molar refractivity (Wildman–Crippen MR) is 75.4 cm³/mol. The fourth-order valence-corrected chi connectivity index (χ4v) is 1.91. The fourth-order valence-electron chi connectivity index (χ4n) is 1.91. The molecule has 1 unspecified atom stereocenters. The van der Waals surface area contributed by atoms with Crippen LogP contribution in [0.1, 0.15) is 38.4 Å². The fraction of sp³-hybridized carbons (Fsp3) is 0.714. The third-order valence-corrected chi connectivity index (χ3v) is 3.11. The Morgan fingerprint density at radius 2 is 2.10 bits per heavy atom. The summed E-state index contributed by atoms with van der Waals surface area (Å²) in [7, 11) is 3.00. The van der Waals surface area contributed by atoms with Gasteiger partial charge in [-0.15, -0.1) is 0 Å². The van der Waals surface area contributed by atoms with Crippen molar-refractivity contribution in [2.24, 2.45) is 5.92 Å². The van der Waals surface area contributed by atoms with Crippen molar-refractivity contribution in [2.45, 2.75) is 39.5 Å². The summed E-state index contributed by atoms with van der Waals surface area (Å²) in [4.78, 5) is 29.0. The lowest BCUT2D eigenvalue weighted by atomic mass is 10.1. The second kappa shape index (κ2) is 8.39. The molecule has 0 saturated carbocycles. The number of hydrogen-bond acceptors (Lipinski definition) is 6. The van der Waals surface area contributed by atoms with Crippen molar-refractivity contribution in [1.82, 2.24) is 15.0 Å². The number of ether oxygens (including phenoxy) is 1. The summed E-state index contributed by atoms with van der Waals surface area (Å²) < 4.78 is 9.72. The van der Waals surface area contributed by atoms with Crippen LogP contribution in [-0.4, -0.2) is 47.6 Å². The highest BCUT2D eigenvalue weighted by molar-refractivity contribution is 5.77. The molecule has 0 N–H and O–H groups in total. The third kappa shape index (κ3) is 5.53. The highest BCUT2D eigenvalue weighted by atomic mass is 16.5. The number of rotatable bonds is 8. The van der Waals surface area contributed by atoms with Crippen LogP contribution in [0.4, 0.5) is 0 Å². The van der Waals surface area contributed by atoms with Crippen LogP contribution in [0.15, 0.2) is 4.52 Å². The molecule has 0 aliphatic heterocycles. The van der Waals surface area contributed by atoms with E-state index in [-0.39, 0.29) is 24.2 Å². The van der Waals surface area contributed by atoms with E-state index in [0.29, 0.717) is 24.7 Å². The molecule has 7 nitrogen and oxygen atoms in total. The number of methoxy groups -OCH3 is 1. The summed E-state index contributed by atoms with van der Waals surface area (Å²) in [5, 5.41) is 3.84. The van der Waals surface area contributed by atoms with Crippen molar-refractivity contribution in [3.05, 3.63) is 11.7 Å². The number of amides is 1. The molecular weight excluding hydrogens is 274 g/mol. The van der Waals surface area contributed by atoms with E-state index in [9.17, 15) is 9.59 Å². The van der Waals surface area contributed by atoms with Crippen LogP contribution in [-0.2, 0) is 27.2 Å². The zero-order valence-electron chi connectivity index (χ0n) is 13.1. The van der Waals surface area contributed by atoms with E-state index in [4.69, 9.17) is 4.52 Å². The van der Waals surface area contributed by atoms with Crippen LogP contribution >= 0.6 is 0 Å². The maximum atomic E-state index is 12.0. The summed E-state index contributed by atoms with van der Waals surface area (Å²) in [6, 6.07) is 0. The molecule has 0 bridgehead atoms. The predicted octanol–water partition coefficient (Wildman–Crippen LogP) is 1.22. The van der Waals surface area contributed by atoms with Gasteiger partial charge < -0.3 is 14.2 Å². The molecule has 0 saturated heterocycles. The first kappa shape index (κ1) is 17.1. The van der Waals surface area contributed by atoms with Crippen LogP contribution in [0.2, 0.25) is 0 Å². The van der Waals surface area contributed by atoms with Gasteiger partial charge in [-0.25, -0.2) is 0 Å². The van der Waals surface area contributed by atoms with Crippen molar-refractivity contribution in [2.75, 3.05) is 20.7 Å². The molecule has 0 aromatic carbocycles. The van der Waals surface area contributed by atoms with E-state index in [0.717, 1.165) is 12.8 Å². The molecule has 1 aromatic heterocycles. The Morgan fingerprint density at radius 1 is 1.38 bits per heavy atom. The summed E-state index contributed by atoms with van der Waals surface area (Å²) in [5.74, 6) is 0.411. The molecule has 1 amide bonds. The lowest BCUT2D eigenvalue weighted by Gasteiger charge is -2.19. The van der Waals surface area contributed by atoms with Gasteiger partial charge >= 0.3 is 5.97 Å². The Bertz CT molecular complexity index is 473. The number of aromatic nitrogens is 2. The van der Waals surface area contributed by atoms with Crippen LogP contribution < -0.4 is 0 Å². The number of nitrogens with zero attached hydrogens (tertiary/aromatic N) is 3. The molecule has 118 valence electrons. The molecule has 0 aliphatic rings. The molecule has 1 aromatic rings. The Morgan fingerprint density at radius 3 is 2.71 bits per heavy atom. The first-order valence-corrected chi connectivity index (χ1v) is 7.11. The van der Waals surface area contributed by atoms with Crippen molar-refractivity contribution < 1.29 is 18.8 Å². The van der Waals surface area contributed by atoms with Crippen molar-refractivity contribution in [1.29, 1.82) is 0 Å². The second-order valence-corrected chi connectivity index (χ2v) is 5.05. The van der Waals surface area contributed by atoms with Gasteiger partial charge in [0.15, 0.2) is 5.82 Å². The number of carbonyl (C=O) groups excluding carboxylic acids is 2. The minimum atomic E-state index is -0.344. The maximum Gasteiger partial charge on any atom is 0.310 e. The SMILES string of the molecule is CCCc1noc(CCC(=O)N(C)CC(C)C(=O)OC)n1. The first-order valence-electron chi connectivity index (χ1n) is 7.11. The van der Waals surface area contributed by atoms with Gasteiger partial charge in [0.05, 0.1) is 13.0 Å². The number of aryl methyl sites for hydroxylation is 2. The van der Waals surface area contributed by atoms with E-state index in [1.165, 1.54) is 12.0 Å². The average molecular weight is 297 g/mol. The quantitative estimate of drug-likeness (QED) is 0.671. The Balaban J connectivity index is 2.39. The zero-order chi connectivity index (χ0) is 15.8. The Labute approximate surface area is 124 Å². The van der Waals surface area contributed by atoms with E-state index in [2.05, 4.69) is 14.9 Å². The summed E-state index contributed by atoms with van der Waals surface area (Å²) in [5.41, 5.74) is 0. The van der Waals surface area contributed by atoms with Gasteiger partial charge in [0, 0.05) is 32.9 Å². The minimum absolute atomic E-state index is 0.0685. The van der Waals surface area contributed by atoms with E-state index in [1.54, 1.807) is 14.0 Å². The van der Waals surface area contributed by atoms with Crippen molar-refractivity contribution in [3.63, 3.8) is 0 Å². The number of hydrogen-bond donors (Lipinski definition) is 0. The summed E-state index contributed by atoms with van der Waals surface area (Å²) in [6.07, 6.45) is 2.41. The van der Waals surface area contributed by atoms with Crippen LogP contribution in [0.25, 0.3) is 0 Å². The van der Waals surface area contributed by atoms with Gasteiger partial charge in [0.1, 0.15) is 0 Å². The molecule has 1 atom stereocenters. The molecule has 0 aliphatic carbocycles. The first-order chi connectivity index (χ1) is 9.97. The van der Waals surface area contributed by atoms with Crippen LogP contribution in [0, 0.1) is 5.92 Å². The molecule has 1 rings (SSSR count). The van der Waals surface area contributed by atoms with Gasteiger partial charge in [-0.1, -0.05) is 19.0 Å². The molecule has 21 heavy (non-hydrogen) atoms. The van der Waals surface area contributed by atoms with Gasteiger partial charge in [-0.3, -0.25) is 9.59 Å². The topological polar surface area (TPSA) is 85.5 Å². The lowest BCUT2D eigenvalue weighted by Crippen LogP contribution is -2.34. The smallest absolute Gasteiger partial charge is 0.310 e. The minimum Gasteiger partial charge on any atom is -0.469 e. The standard InChI is InChI=1S/C14H23N3O4/c1-5-6-11-15-12(21-16-11)7-8-13(18)17(3)9-10(2)14(19)20-4/h10H,5-9H2,1-4H3. The van der Waals surface area contributed by atoms with E-state index in [1.807, 2.05) is 6.92 Å². The second-order valence-electron chi connectivity index (χ2n) is 5.05. The third-order valence-electron chi connectivity index (χ3n) is 3.11. The molecule has 0 radical (unpaired) electrons. The Kier molecular flexibility index (Phi) is 6.84. The van der Waals surface area contributed by atoms with Gasteiger partial charge in [-0.2, -0.15) is 4.98 Å². The number of esters is 1. The van der Waals surface area contributed by atoms with Crippen molar-refractivity contribution >= 4 is 11.9 Å².